The average Bonchev–Trinajstić information content (AvgIpc) is 4.05. The zero-order valence-corrected chi connectivity index (χ0v) is 36.1. The van der Waals surface area contributed by atoms with E-state index in [4.69, 9.17) is 0 Å². The maximum Gasteiger partial charge on any atom is 0.261 e. The van der Waals surface area contributed by atoms with Crippen LogP contribution in [-0.2, 0) is 40.3 Å². The minimum atomic E-state index is -0.251. The number of benzene rings is 4. The molecule has 2 N–H and O–H groups in total. The van der Waals surface area contributed by atoms with Crippen molar-refractivity contribution in [1.82, 2.24) is 23.5 Å². The highest BCUT2D eigenvalue weighted by Gasteiger charge is 2.34. The van der Waals surface area contributed by atoms with E-state index in [1.807, 2.05) is 115 Å². The van der Waals surface area contributed by atoms with E-state index in [1.165, 1.54) is 9.80 Å². The Balaban J connectivity index is 0.725. The van der Waals surface area contributed by atoms with E-state index in [0.717, 1.165) is 91.3 Å². The number of nitrogens with zero attached hydrogens (tertiary/aromatic N) is 8. The van der Waals surface area contributed by atoms with E-state index in [-0.39, 0.29) is 23.6 Å². The predicted octanol–water partition coefficient (Wildman–Crippen LogP) is 5.49. The van der Waals surface area contributed by atoms with E-state index in [2.05, 4.69) is 54.0 Å². The monoisotopic (exact) mass is 847 g/mol. The number of unbranched alkanes of at least 4 members (excludes halogenated alkanes) is 2. The number of rotatable bonds is 20. The van der Waals surface area contributed by atoms with E-state index < -0.39 is 0 Å². The molecular formula is C49H55N10O4+3. The minimum absolute atomic E-state index is 0.233. The zero-order valence-electron chi connectivity index (χ0n) is 36.1. The van der Waals surface area contributed by atoms with Crippen LogP contribution in [0.2, 0.25) is 0 Å². The molecule has 5 heterocycles. The summed E-state index contributed by atoms with van der Waals surface area (Å²) in [7, 11) is 4.01. The van der Waals surface area contributed by atoms with Gasteiger partial charge in [0, 0.05) is 101 Å². The number of imide groups is 2. The first-order chi connectivity index (χ1) is 30.7. The van der Waals surface area contributed by atoms with Crippen LogP contribution in [0.25, 0.3) is 21.5 Å². The molecule has 14 nitrogen and oxygen atoms in total. The van der Waals surface area contributed by atoms with Crippen LogP contribution in [0.4, 0.5) is 11.4 Å². The number of aromatic nitrogens is 6. The third kappa shape index (κ3) is 8.57. The van der Waals surface area contributed by atoms with Crippen molar-refractivity contribution < 1.29 is 32.9 Å². The largest absolute Gasteiger partial charge is 0.384 e. The summed E-state index contributed by atoms with van der Waals surface area (Å²) < 4.78 is 12.5. The quantitative estimate of drug-likeness (QED) is 0.0595. The van der Waals surface area contributed by atoms with Crippen molar-refractivity contribution in [1.29, 1.82) is 0 Å². The van der Waals surface area contributed by atoms with Crippen molar-refractivity contribution in [2.45, 2.75) is 64.7 Å². The second kappa shape index (κ2) is 18.1. The van der Waals surface area contributed by atoms with Gasteiger partial charge in [-0.05, 0) is 55.7 Å². The van der Waals surface area contributed by atoms with Crippen molar-refractivity contribution in [3.05, 3.63) is 139 Å². The van der Waals surface area contributed by atoms with Gasteiger partial charge in [0.25, 0.3) is 23.6 Å². The highest BCUT2D eigenvalue weighted by molar-refractivity contribution is 6.27. The summed E-state index contributed by atoms with van der Waals surface area (Å²) in [6, 6.07) is 19.0. The highest BCUT2D eigenvalue weighted by atomic mass is 16.2. The predicted molar refractivity (Wildman–Crippen MR) is 239 cm³/mol. The molecule has 7 aromatic rings. The topological polar surface area (TPSA) is 125 Å². The summed E-state index contributed by atoms with van der Waals surface area (Å²) in [5.74, 6) is -0.969. The van der Waals surface area contributed by atoms with Crippen LogP contribution >= 0.6 is 0 Å². The molecule has 9 rings (SSSR count). The molecule has 63 heavy (non-hydrogen) atoms. The van der Waals surface area contributed by atoms with E-state index in [0.29, 0.717) is 54.7 Å². The van der Waals surface area contributed by atoms with Gasteiger partial charge in [0.15, 0.2) is 0 Å². The van der Waals surface area contributed by atoms with Gasteiger partial charge >= 0.3 is 0 Å². The molecule has 2 aliphatic heterocycles. The van der Waals surface area contributed by atoms with Gasteiger partial charge in [0.05, 0.1) is 40.3 Å². The molecule has 0 aliphatic carbocycles. The van der Waals surface area contributed by atoms with Crippen LogP contribution in [0.3, 0.4) is 0 Å². The number of anilines is 2. The maximum atomic E-state index is 13.7. The smallest absolute Gasteiger partial charge is 0.261 e. The Bertz CT molecular complexity index is 2810. The van der Waals surface area contributed by atoms with Gasteiger partial charge in [-0.1, -0.05) is 24.3 Å². The van der Waals surface area contributed by atoms with Crippen molar-refractivity contribution in [3.8, 4) is 0 Å². The Morgan fingerprint density at radius 3 is 1.43 bits per heavy atom. The fourth-order valence-electron chi connectivity index (χ4n) is 9.10. The molecular weight excluding hydrogens is 793 g/mol. The molecule has 0 bridgehead atoms. The van der Waals surface area contributed by atoms with E-state index >= 15 is 0 Å². The molecule has 0 saturated heterocycles. The third-order valence-corrected chi connectivity index (χ3v) is 12.3. The Morgan fingerprint density at radius 1 is 0.460 bits per heavy atom. The number of carbonyl (C=O) groups is 4. The summed E-state index contributed by atoms with van der Waals surface area (Å²) in [5.41, 5.74) is 4.13. The fraction of sp³-hybridized carbons (Fsp3) is 0.327. The van der Waals surface area contributed by atoms with Gasteiger partial charge in [-0.2, -0.15) is 0 Å². The number of aryl methyl sites for hydroxylation is 6. The van der Waals surface area contributed by atoms with Gasteiger partial charge in [-0.25, -0.2) is 27.4 Å². The lowest BCUT2D eigenvalue weighted by molar-refractivity contribution is -0.697. The Labute approximate surface area is 366 Å². The summed E-state index contributed by atoms with van der Waals surface area (Å²) >= 11 is 0. The highest BCUT2D eigenvalue weighted by Crippen LogP contribution is 2.36. The van der Waals surface area contributed by atoms with Crippen LogP contribution in [0.1, 0.15) is 80.0 Å². The minimum Gasteiger partial charge on any atom is -0.384 e. The average molecular weight is 848 g/mol. The number of imidazole rings is 3. The van der Waals surface area contributed by atoms with Crippen molar-refractivity contribution in [3.63, 3.8) is 0 Å². The second-order valence-electron chi connectivity index (χ2n) is 16.8. The molecule has 4 amide bonds. The molecule has 0 saturated carbocycles. The van der Waals surface area contributed by atoms with Crippen molar-refractivity contribution >= 4 is 56.5 Å². The number of hydrogen-bond acceptors (Lipinski definition) is 6. The maximum absolute atomic E-state index is 13.7. The summed E-state index contributed by atoms with van der Waals surface area (Å²) in [5, 5.41) is 10.3. The Hall–Kier alpha value is -7.09. The first kappa shape index (κ1) is 41.3. The van der Waals surface area contributed by atoms with E-state index in [1.54, 1.807) is 0 Å². The van der Waals surface area contributed by atoms with Crippen molar-refractivity contribution in [2.75, 3.05) is 36.8 Å². The fourth-order valence-corrected chi connectivity index (χ4v) is 9.10. The van der Waals surface area contributed by atoms with Gasteiger partial charge in [-0.3, -0.25) is 29.0 Å². The van der Waals surface area contributed by atoms with Gasteiger partial charge in [-0.15, -0.1) is 0 Å². The third-order valence-electron chi connectivity index (χ3n) is 12.3. The second-order valence-corrected chi connectivity index (χ2v) is 16.8. The van der Waals surface area contributed by atoms with Crippen LogP contribution in [-0.4, -0.2) is 73.3 Å². The number of amides is 4. The van der Waals surface area contributed by atoms with Crippen LogP contribution < -0.4 is 24.3 Å². The lowest BCUT2D eigenvalue weighted by atomic mass is 9.93. The number of carbonyl (C=O) groups excluding carboxylic acids is 4. The molecule has 3 aromatic heterocycles. The van der Waals surface area contributed by atoms with Crippen molar-refractivity contribution in [2.24, 2.45) is 14.1 Å². The van der Waals surface area contributed by atoms with E-state index in [9.17, 15) is 19.2 Å². The van der Waals surface area contributed by atoms with Crippen LogP contribution in [0, 0.1) is 0 Å². The molecule has 0 fully saturated rings. The number of nitrogens with one attached hydrogen (secondary N) is 2. The summed E-state index contributed by atoms with van der Waals surface area (Å²) in [6.07, 6.45) is 23.3. The number of hydrogen-bond donors (Lipinski definition) is 2. The molecule has 0 atom stereocenters. The Morgan fingerprint density at radius 2 is 0.921 bits per heavy atom. The first-order valence-corrected chi connectivity index (χ1v) is 22.1. The lowest BCUT2D eigenvalue weighted by Gasteiger charge is -2.28. The molecule has 4 aromatic carbocycles. The molecule has 0 unspecified atom stereocenters. The molecule has 14 heteroatoms. The first-order valence-electron chi connectivity index (χ1n) is 22.1. The van der Waals surface area contributed by atoms with Gasteiger partial charge in [0.2, 0.25) is 19.0 Å². The van der Waals surface area contributed by atoms with Gasteiger partial charge in [0.1, 0.15) is 37.2 Å². The zero-order chi connectivity index (χ0) is 43.5. The molecule has 322 valence electrons. The van der Waals surface area contributed by atoms with Crippen LogP contribution in [0.5, 0.6) is 0 Å². The molecule has 0 spiro atoms. The van der Waals surface area contributed by atoms with Gasteiger partial charge < -0.3 is 10.6 Å². The summed E-state index contributed by atoms with van der Waals surface area (Å²) in [4.78, 5) is 57.6. The standard InChI is InChI=1S/C49H53N10O4/c1-52-27-29-54(33-52)22-8-19-50-42-17-15-40-44-36(42)11-6-13-38(44)46(60)58(48(40)62)25-5-3-4-21-56-31-32-57(35-56)24-10-26-59-47(61)39-14-7-12-37-43(18-16-41(45(37)39)49(59)63)51-20-9-23-55-30-28-53(2)34-55/h6-7,11-18,27-35H,3-5,8-10,19-26H2,1-2H3/q+1/p+2. The normalized spacial score (nSPS) is 13.6. The molecule has 2 aliphatic rings. The SMILES string of the molecule is Cn1cc[n+](CCCNc2ccc3c4c(cccc24)C(=O)N(CCCCC[n+]2ccn(CCCN4C(=O)c5cccc6c(NCCC[n+]7ccn(C)c7)ccc(c56)C4=O)c2)C3=O)c1. The Kier molecular flexibility index (Phi) is 11.9. The summed E-state index contributed by atoms with van der Waals surface area (Å²) in [6.45, 7) is 5.46. The lowest BCUT2D eigenvalue weighted by Crippen LogP contribution is -2.41. The van der Waals surface area contributed by atoms with Crippen LogP contribution in [0.15, 0.2) is 117 Å². The molecule has 0 radical (unpaired) electrons.